The highest BCUT2D eigenvalue weighted by molar-refractivity contribution is 6.03. The van der Waals surface area contributed by atoms with Gasteiger partial charge in [-0.15, -0.1) is 0 Å². The van der Waals surface area contributed by atoms with Crippen LogP contribution in [0.3, 0.4) is 0 Å². The van der Waals surface area contributed by atoms with Gasteiger partial charge in [0.1, 0.15) is 0 Å². The van der Waals surface area contributed by atoms with Gasteiger partial charge in [0.05, 0.1) is 10.8 Å². The van der Waals surface area contributed by atoms with E-state index in [1.807, 2.05) is 0 Å². The first kappa shape index (κ1) is 11.2. The summed E-state index contributed by atoms with van der Waals surface area (Å²) in [5.41, 5.74) is 5.22. The molecule has 1 saturated heterocycles. The maximum Gasteiger partial charge on any atom is 0.321 e. The Morgan fingerprint density at radius 3 is 1.77 bits per heavy atom. The van der Waals surface area contributed by atoms with Crippen molar-refractivity contribution in [3.05, 3.63) is 22.3 Å². The fraction of sp³-hybridized carbons (Fsp3) is 0.684. The second kappa shape index (κ2) is 2.88. The van der Waals surface area contributed by atoms with E-state index in [1.165, 1.54) is 19.3 Å². The molecule has 2 bridgehead atoms. The van der Waals surface area contributed by atoms with Crippen molar-refractivity contribution in [3.8, 4) is 0 Å². The van der Waals surface area contributed by atoms with Gasteiger partial charge in [-0.05, 0) is 68.6 Å². The van der Waals surface area contributed by atoms with Gasteiger partial charge in [0.2, 0.25) is 0 Å². The first-order chi connectivity index (χ1) is 10.6. The quantitative estimate of drug-likeness (QED) is 0.392. The third-order valence-electron chi connectivity index (χ3n) is 8.76. The second-order valence-electron chi connectivity index (χ2n) is 8.99. The highest BCUT2D eigenvalue weighted by atomic mass is 16.6. The lowest BCUT2D eigenvalue weighted by molar-refractivity contribution is -0.155. The van der Waals surface area contributed by atoms with Crippen LogP contribution in [0.2, 0.25) is 0 Å². The normalized spacial score (nSPS) is 55.5. The van der Waals surface area contributed by atoms with Gasteiger partial charge in [-0.1, -0.05) is 22.3 Å². The van der Waals surface area contributed by atoms with Crippen molar-refractivity contribution in [1.29, 1.82) is 0 Å². The van der Waals surface area contributed by atoms with Crippen molar-refractivity contribution in [2.75, 3.05) is 0 Å². The zero-order valence-corrected chi connectivity index (χ0v) is 12.5. The Balaban J connectivity index is 1.62. The number of ether oxygens (including phenoxy) is 1. The molecule has 1 saturated carbocycles. The Morgan fingerprint density at radius 1 is 0.773 bits per heavy atom. The molecule has 0 aromatic rings. The number of fused-ring (bicyclic) bond motifs is 7. The fourth-order valence-electron chi connectivity index (χ4n) is 7.97. The average Bonchev–Trinajstić information content (AvgIpc) is 3.06. The molecule has 0 radical (unpaired) electrons. The number of rotatable bonds is 0. The summed E-state index contributed by atoms with van der Waals surface area (Å²) in [6.45, 7) is 0. The summed E-state index contributed by atoms with van der Waals surface area (Å²) in [5, 5.41) is 0. The van der Waals surface area contributed by atoms with E-state index in [2.05, 4.69) is 0 Å². The van der Waals surface area contributed by atoms with Crippen LogP contribution in [0.5, 0.6) is 0 Å². The van der Waals surface area contributed by atoms with Gasteiger partial charge >= 0.3 is 11.9 Å². The molecule has 6 aliphatic rings. The predicted molar refractivity (Wildman–Crippen MR) is 76.3 cm³/mol. The molecular formula is C19H18O3. The summed E-state index contributed by atoms with van der Waals surface area (Å²) in [7, 11) is 0. The molecule has 0 N–H and O–H groups in total. The van der Waals surface area contributed by atoms with Crippen LogP contribution in [-0.4, -0.2) is 11.9 Å². The number of hydrogen-bond donors (Lipinski definition) is 0. The van der Waals surface area contributed by atoms with Crippen molar-refractivity contribution >= 4 is 11.9 Å². The van der Waals surface area contributed by atoms with Crippen LogP contribution >= 0.6 is 0 Å². The first-order valence-electron chi connectivity index (χ1n) is 8.81. The van der Waals surface area contributed by atoms with E-state index in [0.29, 0.717) is 0 Å². The molecule has 3 nitrogen and oxygen atoms in total. The van der Waals surface area contributed by atoms with E-state index in [9.17, 15) is 9.59 Å². The molecular weight excluding hydrogens is 276 g/mol. The first-order valence-corrected chi connectivity index (χ1v) is 8.81. The standard InChI is InChI=1S/C19H18O3/c20-16-18-4-8-1-10-11-2-9(8)5-19(18,17(21)22-16)7-15-13(11)3-12(10)14(15)6-18/h10-13H,1-7H2/t10-,11+,12-,13+,18-,19+. The number of esters is 2. The number of carbonyl (C=O) groups is 2. The molecule has 3 heteroatoms. The molecule has 0 spiro atoms. The molecule has 6 rings (SSSR count). The highest BCUT2D eigenvalue weighted by Gasteiger charge is 2.75. The topological polar surface area (TPSA) is 43.4 Å². The Kier molecular flexibility index (Phi) is 1.47. The van der Waals surface area contributed by atoms with Gasteiger partial charge in [-0.3, -0.25) is 9.59 Å². The van der Waals surface area contributed by atoms with Gasteiger partial charge in [-0.2, -0.15) is 0 Å². The van der Waals surface area contributed by atoms with E-state index >= 15 is 0 Å². The minimum absolute atomic E-state index is 0.195. The molecule has 0 unspecified atom stereocenters. The average molecular weight is 294 g/mol. The molecule has 2 fully saturated rings. The molecule has 5 aliphatic carbocycles. The van der Waals surface area contributed by atoms with E-state index in [4.69, 9.17) is 4.74 Å². The molecule has 1 aliphatic heterocycles. The van der Waals surface area contributed by atoms with Crippen molar-refractivity contribution in [3.63, 3.8) is 0 Å². The van der Waals surface area contributed by atoms with Crippen LogP contribution in [0, 0.1) is 34.5 Å². The van der Waals surface area contributed by atoms with Gasteiger partial charge in [0.25, 0.3) is 0 Å². The van der Waals surface area contributed by atoms with E-state index in [1.54, 1.807) is 22.3 Å². The lowest BCUT2D eigenvalue weighted by Gasteiger charge is -2.57. The van der Waals surface area contributed by atoms with E-state index in [-0.39, 0.29) is 11.9 Å². The van der Waals surface area contributed by atoms with Gasteiger partial charge < -0.3 is 4.74 Å². The summed E-state index contributed by atoms with van der Waals surface area (Å²) < 4.78 is 5.29. The number of hydrogen-bond acceptors (Lipinski definition) is 3. The van der Waals surface area contributed by atoms with Crippen LogP contribution in [0.25, 0.3) is 0 Å². The number of carbonyl (C=O) groups excluding carboxylic acids is 2. The van der Waals surface area contributed by atoms with Crippen molar-refractivity contribution < 1.29 is 14.3 Å². The number of cyclic esters (lactones) is 2. The minimum atomic E-state index is -0.524. The maximum absolute atomic E-state index is 12.8. The van der Waals surface area contributed by atoms with Crippen LogP contribution < -0.4 is 0 Å². The monoisotopic (exact) mass is 294 g/mol. The lowest BCUT2D eigenvalue weighted by atomic mass is 9.43. The molecule has 22 heavy (non-hydrogen) atoms. The summed E-state index contributed by atoms with van der Waals surface area (Å²) in [5.74, 6) is 2.74. The third-order valence-corrected chi connectivity index (χ3v) is 8.76. The molecule has 0 amide bonds. The van der Waals surface area contributed by atoms with Crippen LogP contribution in [0.15, 0.2) is 22.3 Å². The van der Waals surface area contributed by atoms with Crippen molar-refractivity contribution in [2.24, 2.45) is 34.5 Å². The zero-order chi connectivity index (χ0) is 14.4. The SMILES string of the molecule is O=C1OC(=O)[C@@]23CC4=C5C[C@H]6[C@@H](C4)[C@H]4C[C@@H]6C(=C4C2)C[C@@]13C5. The minimum Gasteiger partial charge on any atom is -0.392 e. The molecule has 6 atom stereocenters. The summed E-state index contributed by atoms with van der Waals surface area (Å²) in [6, 6.07) is 0. The summed E-state index contributed by atoms with van der Waals surface area (Å²) >= 11 is 0. The largest absolute Gasteiger partial charge is 0.392 e. The van der Waals surface area contributed by atoms with Crippen LogP contribution in [0.1, 0.15) is 44.9 Å². The van der Waals surface area contributed by atoms with Crippen molar-refractivity contribution in [2.45, 2.75) is 44.9 Å². The summed E-state index contributed by atoms with van der Waals surface area (Å²) in [6.07, 6.45) is 7.06. The third kappa shape index (κ3) is 0.827. The van der Waals surface area contributed by atoms with Gasteiger partial charge in [0, 0.05) is 0 Å². The van der Waals surface area contributed by atoms with Gasteiger partial charge in [0.15, 0.2) is 0 Å². The number of allylic oxidation sites excluding steroid dienone is 4. The van der Waals surface area contributed by atoms with E-state index in [0.717, 1.165) is 49.4 Å². The smallest absolute Gasteiger partial charge is 0.321 e. The Labute approximate surface area is 128 Å². The summed E-state index contributed by atoms with van der Waals surface area (Å²) in [4.78, 5) is 25.5. The van der Waals surface area contributed by atoms with Crippen LogP contribution in [-0.2, 0) is 14.3 Å². The molecule has 0 aromatic carbocycles. The molecule has 1 heterocycles. The van der Waals surface area contributed by atoms with Gasteiger partial charge in [-0.25, -0.2) is 0 Å². The fourth-order valence-corrected chi connectivity index (χ4v) is 7.97. The Bertz CT molecular complexity index is 725. The zero-order valence-electron chi connectivity index (χ0n) is 12.5. The Hall–Kier alpha value is -1.38. The van der Waals surface area contributed by atoms with Crippen molar-refractivity contribution in [1.82, 2.24) is 0 Å². The second-order valence-corrected chi connectivity index (χ2v) is 8.99. The molecule has 0 aromatic heterocycles. The Morgan fingerprint density at radius 2 is 1.27 bits per heavy atom. The van der Waals surface area contributed by atoms with Crippen LogP contribution in [0.4, 0.5) is 0 Å². The lowest BCUT2D eigenvalue weighted by Crippen LogP contribution is -2.55. The van der Waals surface area contributed by atoms with E-state index < -0.39 is 10.8 Å². The molecule has 112 valence electrons. The predicted octanol–water partition coefficient (Wildman–Crippen LogP) is 2.91. The highest BCUT2D eigenvalue weighted by Crippen LogP contribution is 2.76. The maximum atomic E-state index is 12.8.